The molecule has 100 valence electrons. The van der Waals surface area contributed by atoms with Gasteiger partial charge in [-0.2, -0.15) is 4.31 Å². The number of hydrogen-bond acceptors (Lipinski definition) is 4. The molecule has 8 heteroatoms. The van der Waals surface area contributed by atoms with Crippen molar-refractivity contribution < 1.29 is 13.2 Å². The first-order valence-corrected chi connectivity index (χ1v) is 8.87. The number of halogens is 1. The number of carbonyl (C=O) groups excluding carboxylic acids is 1. The second-order valence-electron chi connectivity index (χ2n) is 3.85. The first-order valence-electron chi connectivity index (χ1n) is 5.43. The van der Waals surface area contributed by atoms with Crippen LogP contribution in [0.25, 0.3) is 0 Å². The topological polar surface area (TPSA) is 57.7 Å². The van der Waals surface area contributed by atoms with Crippen LogP contribution < -0.4 is 0 Å². The molecule has 0 spiro atoms. The number of nitrogens with zero attached hydrogens (tertiary/aromatic N) is 2. The smallest absolute Gasteiger partial charge is 0.252 e. The summed E-state index contributed by atoms with van der Waals surface area (Å²) >= 11 is 4.33. The number of carbonyl (C=O) groups is 1. The molecule has 0 unspecified atom stereocenters. The lowest BCUT2D eigenvalue weighted by Gasteiger charge is -2.33. The molecule has 0 atom stereocenters. The SMILES string of the molecule is O=C(CBr)N1CCN(S(=O)(=O)c2cccs2)CC1. The molecule has 1 aliphatic rings. The summed E-state index contributed by atoms with van der Waals surface area (Å²) in [6.45, 7) is 1.63. The lowest BCUT2D eigenvalue weighted by atomic mass is 10.3. The van der Waals surface area contributed by atoms with E-state index in [1.54, 1.807) is 22.4 Å². The molecule has 18 heavy (non-hydrogen) atoms. The van der Waals surface area contributed by atoms with E-state index in [0.717, 1.165) is 0 Å². The van der Waals surface area contributed by atoms with Crippen molar-refractivity contribution in [2.24, 2.45) is 0 Å². The van der Waals surface area contributed by atoms with E-state index in [2.05, 4.69) is 15.9 Å². The minimum Gasteiger partial charge on any atom is -0.339 e. The van der Waals surface area contributed by atoms with Gasteiger partial charge in [-0.05, 0) is 11.4 Å². The molecule has 1 saturated heterocycles. The summed E-state index contributed by atoms with van der Waals surface area (Å²) in [6, 6.07) is 3.33. The summed E-state index contributed by atoms with van der Waals surface area (Å²) in [5.74, 6) is 0.00294. The molecule has 1 aliphatic heterocycles. The standard InChI is InChI=1S/C10H13BrN2O3S2/c11-8-9(14)12-3-5-13(6-4-12)18(15,16)10-2-1-7-17-10/h1-2,7H,3-6,8H2. The maximum Gasteiger partial charge on any atom is 0.252 e. The Hall–Kier alpha value is -0.440. The van der Waals surface area contributed by atoms with Gasteiger partial charge in [-0.3, -0.25) is 4.79 Å². The molecular formula is C10H13BrN2O3S2. The molecule has 1 aromatic rings. The van der Waals surface area contributed by atoms with E-state index in [0.29, 0.717) is 30.4 Å². The highest BCUT2D eigenvalue weighted by Crippen LogP contribution is 2.22. The van der Waals surface area contributed by atoms with Crippen LogP contribution in [0.2, 0.25) is 0 Å². The van der Waals surface area contributed by atoms with Crippen molar-refractivity contribution in [3.63, 3.8) is 0 Å². The Balaban J connectivity index is 2.04. The zero-order chi connectivity index (χ0) is 13.2. The molecule has 0 bridgehead atoms. The summed E-state index contributed by atoms with van der Waals surface area (Å²) < 4.78 is 26.2. The van der Waals surface area contributed by atoms with Crippen LogP contribution in [0.4, 0.5) is 0 Å². The molecule has 0 radical (unpaired) electrons. The van der Waals surface area contributed by atoms with Crippen molar-refractivity contribution in [2.45, 2.75) is 4.21 Å². The van der Waals surface area contributed by atoms with E-state index in [1.165, 1.54) is 15.6 Å². The van der Waals surface area contributed by atoms with Crippen LogP contribution in [0.3, 0.4) is 0 Å². The Labute approximate surface area is 119 Å². The monoisotopic (exact) mass is 352 g/mol. The molecule has 0 aromatic carbocycles. The largest absolute Gasteiger partial charge is 0.339 e. The van der Waals surface area contributed by atoms with Gasteiger partial charge in [-0.1, -0.05) is 22.0 Å². The van der Waals surface area contributed by atoms with E-state index in [9.17, 15) is 13.2 Å². The first-order chi connectivity index (χ1) is 8.55. The van der Waals surface area contributed by atoms with Gasteiger partial charge < -0.3 is 4.90 Å². The van der Waals surface area contributed by atoms with Crippen LogP contribution in [0.1, 0.15) is 0 Å². The Morgan fingerprint density at radius 2 is 2.00 bits per heavy atom. The van der Waals surface area contributed by atoms with Gasteiger partial charge >= 0.3 is 0 Å². The van der Waals surface area contributed by atoms with Crippen LogP contribution >= 0.6 is 27.3 Å². The third-order valence-electron chi connectivity index (χ3n) is 2.79. The molecule has 5 nitrogen and oxygen atoms in total. The zero-order valence-corrected chi connectivity index (χ0v) is 12.8. The average Bonchev–Trinajstić information content (AvgIpc) is 2.92. The highest BCUT2D eigenvalue weighted by Gasteiger charge is 2.30. The van der Waals surface area contributed by atoms with E-state index in [4.69, 9.17) is 0 Å². The highest BCUT2D eigenvalue weighted by atomic mass is 79.9. The molecule has 2 heterocycles. The van der Waals surface area contributed by atoms with E-state index in [-0.39, 0.29) is 11.2 Å². The second kappa shape index (κ2) is 5.68. The number of amides is 1. The summed E-state index contributed by atoms with van der Waals surface area (Å²) in [4.78, 5) is 13.1. The summed E-state index contributed by atoms with van der Waals surface area (Å²) in [5, 5.41) is 2.03. The fraction of sp³-hybridized carbons (Fsp3) is 0.500. The van der Waals surface area contributed by atoms with Crippen molar-refractivity contribution in [1.29, 1.82) is 0 Å². The van der Waals surface area contributed by atoms with Gasteiger partial charge in [0.05, 0.1) is 5.33 Å². The molecule has 1 fully saturated rings. The minimum atomic E-state index is -3.37. The molecule has 0 saturated carbocycles. The van der Waals surface area contributed by atoms with Crippen LogP contribution in [-0.4, -0.2) is 55.0 Å². The number of hydrogen-bond donors (Lipinski definition) is 0. The number of piperazine rings is 1. The minimum absolute atomic E-state index is 0.00294. The van der Waals surface area contributed by atoms with E-state index >= 15 is 0 Å². The van der Waals surface area contributed by atoms with Gasteiger partial charge in [0.1, 0.15) is 4.21 Å². The van der Waals surface area contributed by atoms with Gasteiger partial charge in [-0.15, -0.1) is 11.3 Å². The highest BCUT2D eigenvalue weighted by molar-refractivity contribution is 9.09. The maximum absolute atomic E-state index is 12.2. The Bertz CT molecular complexity index is 507. The fourth-order valence-electron chi connectivity index (χ4n) is 1.80. The molecule has 2 rings (SSSR count). The third kappa shape index (κ3) is 2.76. The van der Waals surface area contributed by atoms with Gasteiger partial charge in [0.25, 0.3) is 10.0 Å². The Morgan fingerprint density at radius 3 is 2.50 bits per heavy atom. The van der Waals surface area contributed by atoms with Gasteiger partial charge in [0.15, 0.2) is 0 Å². The third-order valence-corrected chi connectivity index (χ3v) is 6.55. The van der Waals surface area contributed by atoms with E-state index < -0.39 is 10.0 Å². The average molecular weight is 353 g/mol. The van der Waals surface area contributed by atoms with Crippen molar-refractivity contribution in [1.82, 2.24) is 9.21 Å². The first kappa shape index (κ1) is 14.0. The molecule has 1 aromatic heterocycles. The van der Waals surface area contributed by atoms with Gasteiger partial charge in [0.2, 0.25) is 5.91 Å². The van der Waals surface area contributed by atoms with Crippen molar-refractivity contribution >= 4 is 43.2 Å². The maximum atomic E-state index is 12.2. The van der Waals surface area contributed by atoms with Gasteiger partial charge in [-0.25, -0.2) is 8.42 Å². The molecule has 0 N–H and O–H groups in total. The lowest BCUT2D eigenvalue weighted by Crippen LogP contribution is -2.50. The van der Waals surface area contributed by atoms with E-state index in [1.807, 2.05) is 0 Å². The number of rotatable bonds is 3. The second-order valence-corrected chi connectivity index (χ2v) is 7.52. The van der Waals surface area contributed by atoms with Crippen LogP contribution in [0.5, 0.6) is 0 Å². The van der Waals surface area contributed by atoms with Crippen molar-refractivity contribution in [3.05, 3.63) is 17.5 Å². The molecular weight excluding hydrogens is 340 g/mol. The lowest BCUT2D eigenvalue weighted by molar-refractivity contribution is -0.129. The molecule has 1 amide bonds. The van der Waals surface area contributed by atoms with Crippen LogP contribution in [0, 0.1) is 0 Å². The zero-order valence-electron chi connectivity index (χ0n) is 9.58. The summed E-state index contributed by atoms with van der Waals surface area (Å²) in [7, 11) is -3.37. The predicted molar refractivity (Wildman–Crippen MR) is 73.5 cm³/mol. The van der Waals surface area contributed by atoms with Crippen molar-refractivity contribution in [3.8, 4) is 0 Å². The summed E-state index contributed by atoms with van der Waals surface area (Å²) in [6.07, 6.45) is 0. The number of alkyl halides is 1. The predicted octanol–water partition coefficient (Wildman–Crippen LogP) is 0.976. The quantitative estimate of drug-likeness (QED) is 0.761. The van der Waals surface area contributed by atoms with Crippen molar-refractivity contribution in [2.75, 3.05) is 31.5 Å². The Kier molecular flexibility index (Phi) is 4.41. The Morgan fingerprint density at radius 1 is 1.33 bits per heavy atom. The fourth-order valence-corrected chi connectivity index (χ4v) is 4.72. The molecule has 0 aliphatic carbocycles. The van der Waals surface area contributed by atoms with Crippen LogP contribution in [0.15, 0.2) is 21.7 Å². The summed E-state index contributed by atoms with van der Waals surface area (Å²) in [5.41, 5.74) is 0. The number of thiophene rings is 1. The van der Waals surface area contributed by atoms with Crippen LogP contribution in [-0.2, 0) is 14.8 Å². The van der Waals surface area contributed by atoms with Gasteiger partial charge in [0, 0.05) is 26.2 Å². The number of sulfonamides is 1. The normalized spacial score (nSPS) is 17.9.